The Bertz CT molecular complexity index is 288. The summed E-state index contributed by atoms with van der Waals surface area (Å²) in [6.45, 7) is 8.00. The lowest BCUT2D eigenvalue weighted by Crippen LogP contribution is -2.25. The highest BCUT2D eigenvalue weighted by molar-refractivity contribution is 4.89. The maximum atomic E-state index is 2.45. The fourth-order valence-electron chi connectivity index (χ4n) is 3.55. The maximum Gasteiger partial charge on any atom is 0.0893 e. The van der Waals surface area contributed by atoms with Crippen LogP contribution in [0.25, 0.3) is 0 Å². The predicted octanol–water partition coefficient (Wildman–Crippen LogP) is 6.92. The highest BCUT2D eigenvalue weighted by atomic mass is 15.3. The van der Waals surface area contributed by atoms with Crippen molar-refractivity contribution in [1.82, 2.24) is 9.80 Å². The molecular weight excluding hydrogens is 292 g/mol. The normalized spacial score (nSPS) is 14.1. The lowest BCUT2D eigenvalue weighted by atomic mass is 10.0. The molecule has 0 radical (unpaired) electrons. The third-order valence-corrected chi connectivity index (χ3v) is 5.31. The molecule has 0 aliphatic carbocycles. The molecule has 0 atom stereocenters. The van der Waals surface area contributed by atoms with Gasteiger partial charge in [-0.2, -0.15) is 0 Å². The van der Waals surface area contributed by atoms with Gasteiger partial charge in [0.2, 0.25) is 0 Å². The zero-order chi connectivity index (χ0) is 17.3. The Labute approximate surface area is 152 Å². The van der Waals surface area contributed by atoms with E-state index in [-0.39, 0.29) is 0 Å². The lowest BCUT2D eigenvalue weighted by Gasteiger charge is -2.19. The van der Waals surface area contributed by atoms with Crippen molar-refractivity contribution in [3.63, 3.8) is 0 Å². The average Bonchev–Trinajstić information content (AvgIpc) is 3.06. The van der Waals surface area contributed by atoms with E-state index in [4.69, 9.17) is 0 Å². The van der Waals surface area contributed by atoms with Gasteiger partial charge in [-0.3, -0.25) is 0 Å². The molecule has 1 aliphatic rings. The van der Waals surface area contributed by atoms with Crippen LogP contribution in [-0.4, -0.2) is 29.6 Å². The number of rotatable bonds is 17. The van der Waals surface area contributed by atoms with Crippen molar-refractivity contribution in [3.05, 3.63) is 12.4 Å². The summed E-state index contributed by atoms with van der Waals surface area (Å²) in [7, 11) is 0. The van der Waals surface area contributed by atoms with Gasteiger partial charge in [0.1, 0.15) is 0 Å². The van der Waals surface area contributed by atoms with Crippen molar-refractivity contribution in [3.8, 4) is 0 Å². The topological polar surface area (TPSA) is 6.48 Å². The Morgan fingerprint density at radius 1 is 0.542 bits per heavy atom. The molecule has 0 spiro atoms. The predicted molar refractivity (Wildman–Crippen MR) is 108 cm³/mol. The summed E-state index contributed by atoms with van der Waals surface area (Å²) < 4.78 is 0. The van der Waals surface area contributed by atoms with Crippen LogP contribution in [0.1, 0.15) is 110 Å². The minimum atomic E-state index is 1.11. The minimum absolute atomic E-state index is 1.11. The van der Waals surface area contributed by atoms with Crippen LogP contribution in [0.5, 0.6) is 0 Å². The first-order chi connectivity index (χ1) is 11.9. The van der Waals surface area contributed by atoms with E-state index < -0.39 is 0 Å². The lowest BCUT2D eigenvalue weighted by molar-refractivity contribution is 0.268. The molecule has 1 aliphatic heterocycles. The molecule has 0 amide bonds. The fourth-order valence-corrected chi connectivity index (χ4v) is 3.55. The molecule has 2 heteroatoms. The molecule has 1 rings (SSSR count). The van der Waals surface area contributed by atoms with E-state index in [1.807, 2.05) is 0 Å². The third kappa shape index (κ3) is 11.8. The molecule has 142 valence electrons. The second-order valence-electron chi connectivity index (χ2n) is 7.61. The molecule has 0 bridgehead atoms. The van der Waals surface area contributed by atoms with E-state index >= 15 is 0 Å². The molecule has 0 unspecified atom stereocenters. The number of hydrogen-bond acceptors (Lipinski definition) is 2. The second kappa shape index (κ2) is 15.8. The molecule has 0 aromatic carbocycles. The van der Waals surface area contributed by atoms with Gasteiger partial charge >= 0.3 is 0 Å². The van der Waals surface area contributed by atoms with Crippen LogP contribution in [0.3, 0.4) is 0 Å². The summed E-state index contributed by atoms with van der Waals surface area (Å²) in [5.74, 6) is 0. The second-order valence-corrected chi connectivity index (χ2v) is 7.61. The van der Waals surface area contributed by atoms with Gasteiger partial charge < -0.3 is 9.80 Å². The van der Waals surface area contributed by atoms with Crippen LogP contribution in [0.2, 0.25) is 0 Å². The Balaban J connectivity index is 1.70. The monoisotopic (exact) mass is 336 g/mol. The van der Waals surface area contributed by atoms with Gasteiger partial charge in [0.05, 0.1) is 6.67 Å². The van der Waals surface area contributed by atoms with Gasteiger partial charge in [0.25, 0.3) is 0 Å². The van der Waals surface area contributed by atoms with E-state index in [0.717, 1.165) is 13.2 Å². The summed E-state index contributed by atoms with van der Waals surface area (Å²) in [5.41, 5.74) is 0. The first-order valence-electron chi connectivity index (χ1n) is 11.0. The smallest absolute Gasteiger partial charge is 0.0893 e. The Kier molecular flexibility index (Phi) is 14.1. The van der Waals surface area contributed by atoms with Crippen LogP contribution in [0.15, 0.2) is 12.4 Å². The number of hydrogen-bond donors (Lipinski definition) is 0. The molecule has 0 aromatic heterocycles. The molecule has 0 fully saturated rings. The summed E-state index contributed by atoms with van der Waals surface area (Å²) in [4.78, 5) is 4.82. The van der Waals surface area contributed by atoms with Crippen molar-refractivity contribution >= 4 is 0 Å². The van der Waals surface area contributed by atoms with Gasteiger partial charge in [0, 0.05) is 25.5 Å². The van der Waals surface area contributed by atoms with Crippen molar-refractivity contribution < 1.29 is 0 Å². The van der Waals surface area contributed by atoms with E-state index in [0.29, 0.717) is 0 Å². The molecule has 0 N–H and O–H groups in total. The van der Waals surface area contributed by atoms with E-state index in [1.54, 1.807) is 0 Å². The molecule has 24 heavy (non-hydrogen) atoms. The molecule has 0 aromatic rings. The van der Waals surface area contributed by atoms with Gasteiger partial charge in [0.15, 0.2) is 0 Å². The first kappa shape index (κ1) is 21.4. The van der Waals surface area contributed by atoms with Crippen LogP contribution < -0.4 is 0 Å². The Hall–Kier alpha value is -0.660. The van der Waals surface area contributed by atoms with E-state index in [9.17, 15) is 0 Å². The van der Waals surface area contributed by atoms with Crippen LogP contribution in [0, 0.1) is 0 Å². The molecule has 0 saturated heterocycles. The largest absolute Gasteiger partial charge is 0.359 e. The SMILES string of the molecule is CCCCCCCCCCCCCCCCCN1C=CN(CC)C1. The van der Waals surface area contributed by atoms with Crippen LogP contribution >= 0.6 is 0 Å². The summed E-state index contributed by atoms with van der Waals surface area (Å²) in [6.07, 6.45) is 26.2. The average molecular weight is 337 g/mol. The van der Waals surface area contributed by atoms with Crippen molar-refractivity contribution in [1.29, 1.82) is 0 Å². The summed E-state index contributed by atoms with van der Waals surface area (Å²) in [5, 5.41) is 0. The fraction of sp³-hybridized carbons (Fsp3) is 0.909. The maximum absolute atomic E-state index is 2.45. The zero-order valence-electron chi connectivity index (χ0n) is 16.8. The van der Waals surface area contributed by atoms with Gasteiger partial charge in [-0.15, -0.1) is 0 Å². The first-order valence-corrected chi connectivity index (χ1v) is 11.0. The molecule has 1 heterocycles. The van der Waals surface area contributed by atoms with Gasteiger partial charge in [-0.1, -0.05) is 96.8 Å². The highest BCUT2D eigenvalue weighted by Gasteiger charge is 2.08. The van der Waals surface area contributed by atoms with E-state index in [1.165, 1.54) is 103 Å². The molecular formula is C22H44N2. The van der Waals surface area contributed by atoms with E-state index in [2.05, 4.69) is 36.0 Å². The number of unbranched alkanes of at least 4 members (excludes halogenated alkanes) is 14. The quantitative estimate of drug-likeness (QED) is 0.266. The van der Waals surface area contributed by atoms with Crippen molar-refractivity contribution in [2.75, 3.05) is 19.8 Å². The van der Waals surface area contributed by atoms with Crippen LogP contribution in [-0.2, 0) is 0 Å². The zero-order valence-corrected chi connectivity index (χ0v) is 16.8. The molecule has 0 saturated carbocycles. The standard InChI is InChI=1S/C22H44N2/c1-3-5-6-7-8-9-10-11-12-13-14-15-16-17-18-19-24-21-20-23(4-2)22-24/h20-21H,3-19,22H2,1-2H3. The summed E-state index contributed by atoms with van der Waals surface area (Å²) in [6, 6.07) is 0. The summed E-state index contributed by atoms with van der Waals surface area (Å²) >= 11 is 0. The number of nitrogens with zero attached hydrogens (tertiary/aromatic N) is 2. The minimum Gasteiger partial charge on any atom is -0.359 e. The molecule has 2 nitrogen and oxygen atoms in total. The van der Waals surface area contributed by atoms with Crippen LogP contribution in [0.4, 0.5) is 0 Å². The highest BCUT2D eigenvalue weighted by Crippen LogP contribution is 2.14. The van der Waals surface area contributed by atoms with Crippen molar-refractivity contribution in [2.24, 2.45) is 0 Å². The Morgan fingerprint density at radius 3 is 1.38 bits per heavy atom. The van der Waals surface area contributed by atoms with Crippen molar-refractivity contribution in [2.45, 2.75) is 110 Å². The van der Waals surface area contributed by atoms with Gasteiger partial charge in [-0.05, 0) is 13.3 Å². The van der Waals surface area contributed by atoms with Gasteiger partial charge in [-0.25, -0.2) is 0 Å². The Morgan fingerprint density at radius 2 is 0.958 bits per heavy atom. The third-order valence-electron chi connectivity index (χ3n) is 5.31.